The zero-order valence-corrected chi connectivity index (χ0v) is 15.2. The molecule has 6 heteroatoms. The molecule has 29 heavy (non-hydrogen) atoms. The molecule has 3 nitrogen and oxygen atoms in total. The van der Waals surface area contributed by atoms with Gasteiger partial charge in [-0.15, -0.1) is 12.3 Å². The number of benzene rings is 3. The van der Waals surface area contributed by atoms with Gasteiger partial charge in [0.15, 0.2) is 0 Å². The van der Waals surface area contributed by atoms with Crippen molar-refractivity contribution in [2.75, 3.05) is 0 Å². The van der Waals surface area contributed by atoms with Crippen LogP contribution in [0.1, 0.15) is 21.5 Å². The van der Waals surface area contributed by atoms with Crippen molar-refractivity contribution in [1.82, 2.24) is 0 Å². The molecule has 0 saturated carbocycles. The van der Waals surface area contributed by atoms with E-state index in [0.29, 0.717) is 22.4 Å². The Kier molecular flexibility index (Phi) is 5.60. The first-order valence-corrected chi connectivity index (χ1v) is 8.60. The van der Waals surface area contributed by atoms with Crippen LogP contribution in [0.2, 0.25) is 0 Å². The monoisotopic (exact) mass is 395 g/mol. The Hall–Kier alpha value is -3.72. The molecule has 146 valence electrons. The highest BCUT2D eigenvalue weighted by atomic mass is 19.4. The largest absolute Gasteiger partial charge is 0.457 e. The van der Waals surface area contributed by atoms with Crippen molar-refractivity contribution in [3.63, 3.8) is 0 Å². The minimum Gasteiger partial charge on any atom is -0.457 e. The summed E-state index contributed by atoms with van der Waals surface area (Å²) in [6.45, 7) is 0. The van der Waals surface area contributed by atoms with Crippen molar-refractivity contribution >= 4 is 5.91 Å². The first kappa shape index (κ1) is 20.0. The number of carbonyl (C=O) groups is 1. The van der Waals surface area contributed by atoms with E-state index in [2.05, 4.69) is 5.92 Å². The molecule has 0 radical (unpaired) electrons. The van der Waals surface area contributed by atoms with Crippen LogP contribution in [0.5, 0.6) is 11.5 Å². The highest BCUT2D eigenvalue weighted by Gasteiger charge is 2.30. The molecule has 3 aromatic carbocycles. The van der Waals surface area contributed by atoms with E-state index in [1.807, 2.05) is 0 Å². The first-order valence-electron chi connectivity index (χ1n) is 8.60. The summed E-state index contributed by atoms with van der Waals surface area (Å²) in [5, 5.41) is 0. The summed E-state index contributed by atoms with van der Waals surface area (Å²) >= 11 is 0. The number of halogens is 3. The second kappa shape index (κ2) is 8.11. The first-order chi connectivity index (χ1) is 13.8. The van der Waals surface area contributed by atoms with Crippen molar-refractivity contribution in [2.45, 2.75) is 12.6 Å². The molecule has 0 aliphatic rings. The van der Waals surface area contributed by atoms with Crippen LogP contribution in [0, 0.1) is 12.3 Å². The molecule has 3 aromatic rings. The Morgan fingerprint density at radius 2 is 1.72 bits per heavy atom. The number of terminal acetylenes is 1. The second-order valence-corrected chi connectivity index (χ2v) is 6.24. The van der Waals surface area contributed by atoms with Gasteiger partial charge in [-0.1, -0.05) is 24.3 Å². The van der Waals surface area contributed by atoms with Crippen molar-refractivity contribution in [1.29, 1.82) is 0 Å². The average molecular weight is 395 g/mol. The lowest BCUT2D eigenvalue weighted by molar-refractivity contribution is -0.137. The van der Waals surface area contributed by atoms with Crippen LogP contribution in [-0.4, -0.2) is 5.91 Å². The van der Waals surface area contributed by atoms with E-state index in [1.54, 1.807) is 42.5 Å². The molecule has 0 heterocycles. The number of nitrogens with two attached hydrogens (primary N) is 1. The van der Waals surface area contributed by atoms with E-state index in [9.17, 15) is 18.0 Å². The smallest absolute Gasteiger partial charge is 0.416 e. The van der Waals surface area contributed by atoms with E-state index in [0.717, 1.165) is 17.7 Å². The number of ether oxygens (including phenoxy) is 1. The van der Waals surface area contributed by atoms with Gasteiger partial charge in [-0.05, 0) is 53.6 Å². The van der Waals surface area contributed by atoms with Crippen molar-refractivity contribution in [3.05, 3.63) is 83.4 Å². The molecule has 0 aromatic heterocycles. The SMILES string of the molecule is C#CCc1cc(-c2ccccc2Oc2ccc(C(F)(F)F)cc2)ccc1C(N)=O. The van der Waals surface area contributed by atoms with E-state index in [1.165, 1.54) is 12.1 Å². The van der Waals surface area contributed by atoms with Crippen LogP contribution in [-0.2, 0) is 12.6 Å². The molecular formula is C23H16F3NO2. The maximum absolute atomic E-state index is 12.7. The third-order valence-electron chi connectivity index (χ3n) is 4.27. The molecule has 1 amide bonds. The van der Waals surface area contributed by atoms with Gasteiger partial charge in [0.2, 0.25) is 5.91 Å². The molecule has 0 bridgehead atoms. The van der Waals surface area contributed by atoms with E-state index in [-0.39, 0.29) is 12.2 Å². The number of amides is 1. The Balaban J connectivity index is 1.96. The standard InChI is InChI=1S/C23H16F3NO2/c1-2-5-15-14-16(8-13-20(15)22(27)28)19-6-3-4-7-21(19)29-18-11-9-17(10-12-18)23(24,25)26/h1,3-4,6-14H,5H2,(H2,27,28). The van der Waals surface area contributed by atoms with Gasteiger partial charge in [0.1, 0.15) is 11.5 Å². The van der Waals surface area contributed by atoms with Gasteiger partial charge in [0.05, 0.1) is 5.56 Å². The third-order valence-corrected chi connectivity index (χ3v) is 4.27. The summed E-state index contributed by atoms with van der Waals surface area (Å²) in [7, 11) is 0. The fourth-order valence-electron chi connectivity index (χ4n) is 2.89. The van der Waals surface area contributed by atoms with Crippen LogP contribution in [0.15, 0.2) is 66.7 Å². The van der Waals surface area contributed by atoms with Gasteiger partial charge in [-0.3, -0.25) is 4.79 Å². The number of carbonyl (C=O) groups excluding carboxylic acids is 1. The Morgan fingerprint density at radius 3 is 2.34 bits per heavy atom. The van der Waals surface area contributed by atoms with Crippen LogP contribution in [0.25, 0.3) is 11.1 Å². The maximum atomic E-state index is 12.7. The van der Waals surface area contributed by atoms with Gasteiger partial charge in [0.25, 0.3) is 0 Å². The maximum Gasteiger partial charge on any atom is 0.416 e. The van der Waals surface area contributed by atoms with Crippen LogP contribution in [0.3, 0.4) is 0 Å². The number of primary amides is 1. The van der Waals surface area contributed by atoms with Gasteiger partial charge in [-0.2, -0.15) is 13.2 Å². The highest BCUT2D eigenvalue weighted by molar-refractivity contribution is 5.95. The number of alkyl halides is 3. The fourth-order valence-corrected chi connectivity index (χ4v) is 2.89. The van der Waals surface area contributed by atoms with Crippen molar-refractivity contribution in [3.8, 4) is 35.0 Å². The minimum absolute atomic E-state index is 0.230. The third kappa shape index (κ3) is 4.58. The molecule has 2 N–H and O–H groups in total. The zero-order chi connectivity index (χ0) is 21.0. The molecule has 0 atom stereocenters. The normalized spacial score (nSPS) is 11.0. The summed E-state index contributed by atoms with van der Waals surface area (Å²) in [6, 6.07) is 16.6. The fraction of sp³-hybridized carbons (Fsp3) is 0.0870. The lowest BCUT2D eigenvalue weighted by Crippen LogP contribution is -2.13. The topological polar surface area (TPSA) is 52.3 Å². The summed E-state index contributed by atoms with van der Waals surface area (Å²) in [5.41, 5.74) is 7.03. The van der Waals surface area contributed by atoms with E-state index >= 15 is 0 Å². The summed E-state index contributed by atoms with van der Waals surface area (Å²) < 4.78 is 44.0. The number of hydrogen-bond acceptors (Lipinski definition) is 2. The lowest BCUT2D eigenvalue weighted by Gasteiger charge is -2.14. The van der Waals surface area contributed by atoms with Crippen LogP contribution >= 0.6 is 0 Å². The zero-order valence-electron chi connectivity index (χ0n) is 15.2. The quantitative estimate of drug-likeness (QED) is 0.585. The predicted octanol–water partition coefficient (Wildman–Crippen LogP) is 5.44. The highest BCUT2D eigenvalue weighted by Crippen LogP contribution is 2.36. The Labute approximate surface area is 165 Å². The molecular weight excluding hydrogens is 379 g/mol. The number of para-hydroxylation sites is 1. The molecule has 0 aliphatic heterocycles. The van der Waals surface area contributed by atoms with Gasteiger partial charge in [-0.25, -0.2) is 0 Å². The van der Waals surface area contributed by atoms with Crippen LogP contribution in [0.4, 0.5) is 13.2 Å². The van der Waals surface area contributed by atoms with Crippen molar-refractivity contribution < 1.29 is 22.7 Å². The Bertz CT molecular complexity index is 1080. The Morgan fingerprint density at radius 1 is 1.03 bits per heavy atom. The summed E-state index contributed by atoms with van der Waals surface area (Å²) in [4.78, 5) is 11.6. The van der Waals surface area contributed by atoms with E-state index < -0.39 is 17.6 Å². The molecule has 0 unspecified atom stereocenters. The van der Waals surface area contributed by atoms with Gasteiger partial charge in [0, 0.05) is 17.5 Å². The second-order valence-electron chi connectivity index (χ2n) is 6.24. The average Bonchev–Trinajstić information content (AvgIpc) is 2.68. The van der Waals surface area contributed by atoms with Gasteiger partial charge < -0.3 is 10.5 Å². The molecule has 0 saturated heterocycles. The molecule has 0 spiro atoms. The van der Waals surface area contributed by atoms with E-state index in [4.69, 9.17) is 16.9 Å². The molecule has 0 aliphatic carbocycles. The summed E-state index contributed by atoms with van der Waals surface area (Å²) in [6.07, 6.45) is 1.21. The number of hydrogen-bond donors (Lipinski definition) is 1. The lowest BCUT2D eigenvalue weighted by atomic mass is 9.96. The number of rotatable bonds is 5. The summed E-state index contributed by atoms with van der Waals surface area (Å²) in [5.74, 6) is 2.64. The molecule has 3 rings (SSSR count). The predicted molar refractivity (Wildman–Crippen MR) is 104 cm³/mol. The van der Waals surface area contributed by atoms with Crippen molar-refractivity contribution in [2.24, 2.45) is 5.73 Å². The van der Waals surface area contributed by atoms with Crippen LogP contribution < -0.4 is 10.5 Å². The minimum atomic E-state index is -4.41. The molecule has 0 fully saturated rings. The van der Waals surface area contributed by atoms with Gasteiger partial charge >= 0.3 is 6.18 Å².